The first-order valence-electron chi connectivity index (χ1n) is 8.85. The number of anilines is 1. The lowest BCUT2D eigenvalue weighted by molar-refractivity contribution is -0.105. The summed E-state index contributed by atoms with van der Waals surface area (Å²) in [4.78, 5) is 10.6. The van der Waals surface area contributed by atoms with Crippen LogP contribution in [0.3, 0.4) is 0 Å². The minimum absolute atomic E-state index is 0.458. The van der Waals surface area contributed by atoms with Crippen LogP contribution in [-0.4, -0.2) is 6.41 Å². The molecule has 0 spiro atoms. The fraction of sp³-hybridized carbons (Fsp3) is 0.409. The SMILES string of the molecule is CCC(C)(C)C.Cc1cc(OCc2cccc(Cl)c2)cc(C)c1NC=O. The lowest BCUT2D eigenvalue weighted by atomic mass is 9.94. The highest BCUT2D eigenvalue weighted by molar-refractivity contribution is 6.30. The average Bonchev–Trinajstić information content (AvgIpc) is 2.56. The molecule has 0 heterocycles. The van der Waals surface area contributed by atoms with E-state index < -0.39 is 0 Å². The Hall–Kier alpha value is -2.00. The second kappa shape index (κ2) is 10.2. The van der Waals surface area contributed by atoms with Gasteiger partial charge in [0.25, 0.3) is 0 Å². The topological polar surface area (TPSA) is 38.3 Å². The van der Waals surface area contributed by atoms with Crippen molar-refractivity contribution in [3.05, 3.63) is 58.1 Å². The summed E-state index contributed by atoms with van der Waals surface area (Å²) in [7, 11) is 0. The van der Waals surface area contributed by atoms with Crippen molar-refractivity contribution in [3.8, 4) is 5.75 Å². The van der Waals surface area contributed by atoms with E-state index in [-0.39, 0.29) is 0 Å². The third-order valence-electron chi connectivity index (χ3n) is 4.06. The lowest BCUT2D eigenvalue weighted by Gasteiger charge is -2.12. The van der Waals surface area contributed by atoms with Gasteiger partial charge in [0.05, 0.1) is 0 Å². The van der Waals surface area contributed by atoms with Crippen LogP contribution in [0.4, 0.5) is 5.69 Å². The van der Waals surface area contributed by atoms with Crippen LogP contribution in [0.1, 0.15) is 50.8 Å². The van der Waals surface area contributed by atoms with Crippen molar-refractivity contribution in [3.63, 3.8) is 0 Å². The van der Waals surface area contributed by atoms with Gasteiger partial charge in [0.15, 0.2) is 0 Å². The fourth-order valence-electron chi connectivity index (χ4n) is 2.09. The molecule has 2 aromatic carbocycles. The van der Waals surface area contributed by atoms with Crippen LogP contribution in [0.25, 0.3) is 0 Å². The molecule has 4 heteroatoms. The van der Waals surface area contributed by atoms with Crippen LogP contribution in [0.2, 0.25) is 5.02 Å². The molecule has 0 radical (unpaired) electrons. The van der Waals surface area contributed by atoms with E-state index in [1.54, 1.807) is 0 Å². The van der Waals surface area contributed by atoms with Crippen LogP contribution in [0, 0.1) is 19.3 Å². The van der Waals surface area contributed by atoms with E-state index in [1.165, 1.54) is 6.42 Å². The van der Waals surface area contributed by atoms with Gasteiger partial charge in [-0.1, -0.05) is 57.8 Å². The minimum Gasteiger partial charge on any atom is -0.489 e. The Balaban J connectivity index is 0.000000487. The van der Waals surface area contributed by atoms with E-state index in [2.05, 4.69) is 33.0 Å². The van der Waals surface area contributed by atoms with Crippen molar-refractivity contribution < 1.29 is 9.53 Å². The van der Waals surface area contributed by atoms with Crippen LogP contribution >= 0.6 is 11.6 Å². The number of nitrogens with one attached hydrogen (secondary N) is 1. The molecule has 0 bridgehead atoms. The Morgan fingerprint density at radius 1 is 1.12 bits per heavy atom. The quantitative estimate of drug-likeness (QED) is 0.602. The molecule has 0 aliphatic carbocycles. The van der Waals surface area contributed by atoms with Gasteiger partial charge in [-0.25, -0.2) is 0 Å². The van der Waals surface area contributed by atoms with Gasteiger partial charge in [-0.3, -0.25) is 4.79 Å². The van der Waals surface area contributed by atoms with Crippen molar-refractivity contribution in [2.75, 3.05) is 5.32 Å². The standard InChI is InChI=1S/C16H16ClNO2.C6H14/c1-11-6-15(7-12(2)16(11)18-10-19)20-9-13-4-3-5-14(17)8-13;1-5-6(2,3)4/h3-8,10H,9H2,1-2H3,(H,18,19);5H2,1-4H3. The Morgan fingerprint density at radius 2 is 1.69 bits per heavy atom. The van der Waals surface area contributed by atoms with Gasteiger partial charge in [-0.05, 0) is 60.2 Å². The molecule has 0 unspecified atom stereocenters. The first kappa shape index (κ1) is 22.0. The largest absolute Gasteiger partial charge is 0.489 e. The highest BCUT2D eigenvalue weighted by atomic mass is 35.5. The van der Waals surface area contributed by atoms with Crippen molar-refractivity contribution in [2.24, 2.45) is 5.41 Å². The number of rotatable bonds is 5. The van der Waals surface area contributed by atoms with Crippen LogP contribution in [0.15, 0.2) is 36.4 Å². The molecule has 3 nitrogen and oxygen atoms in total. The molecule has 142 valence electrons. The predicted molar refractivity (Wildman–Crippen MR) is 111 cm³/mol. The maximum atomic E-state index is 10.6. The highest BCUT2D eigenvalue weighted by Gasteiger charge is 2.06. The number of halogens is 1. The number of ether oxygens (including phenoxy) is 1. The van der Waals surface area contributed by atoms with Gasteiger partial charge in [0.1, 0.15) is 12.4 Å². The van der Waals surface area contributed by atoms with Gasteiger partial charge in [-0.15, -0.1) is 0 Å². The van der Waals surface area contributed by atoms with E-state index >= 15 is 0 Å². The molecular weight excluding hydrogens is 346 g/mol. The summed E-state index contributed by atoms with van der Waals surface area (Å²) < 4.78 is 5.77. The second-order valence-electron chi connectivity index (χ2n) is 7.53. The van der Waals surface area contributed by atoms with E-state index in [9.17, 15) is 4.79 Å². The zero-order chi connectivity index (χ0) is 19.7. The van der Waals surface area contributed by atoms with E-state index in [1.807, 2.05) is 50.2 Å². The van der Waals surface area contributed by atoms with E-state index in [0.29, 0.717) is 23.5 Å². The zero-order valence-corrected chi connectivity index (χ0v) is 17.4. The number of hydrogen-bond acceptors (Lipinski definition) is 2. The molecule has 2 rings (SSSR count). The maximum absolute atomic E-state index is 10.6. The number of amides is 1. The third-order valence-corrected chi connectivity index (χ3v) is 4.30. The molecule has 0 aromatic heterocycles. The molecular formula is C22H30ClNO2. The molecule has 0 fully saturated rings. The molecule has 2 aromatic rings. The van der Waals surface area contributed by atoms with Crippen LogP contribution < -0.4 is 10.1 Å². The van der Waals surface area contributed by atoms with Crippen LogP contribution in [0.5, 0.6) is 5.75 Å². The summed E-state index contributed by atoms with van der Waals surface area (Å²) >= 11 is 5.94. The van der Waals surface area contributed by atoms with E-state index in [0.717, 1.165) is 28.1 Å². The normalized spacial score (nSPS) is 10.6. The summed E-state index contributed by atoms with van der Waals surface area (Å²) in [6.07, 6.45) is 1.95. The number of hydrogen-bond donors (Lipinski definition) is 1. The summed E-state index contributed by atoms with van der Waals surface area (Å²) in [6.45, 7) is 13.3. The minimum atomic E-state index is 0.458. The Labute approximate surface area is 162 Å². The van der Waals surface area contributed by atoms with Gasteiger partial charge in [0, 0.05) is 10.7 Å². The predicted octanol–water partition coefficient (Wildman–Crippen LogP) is 6.55. The van der Waals surface area contributed by atoms with Gasteiger partial charge in [0.2, 0.25) is 6.41 Å². The summed E-state index contributed by atoms with van der Waals surface area (Å²) in [5.41, 5.74) is 4.33. The monoisotopic (exact) mass is 375 g/mol. The number of aryl methyl sites for hydroxylation is 2. The third kappa shape index (κ3) is 7.92. The summed E-state index contributed by atoms with van der Waals surface area (Å²) in [5, 5.41) is 3.40. The highest BCUT2D eigenvalue weighted by Crippen LogP contribution is 2.26. The van der Waals surface area contributed by atoms with Gasteiger partial charge >= 0.3 is 0 Å². The Kier molecular flexibility index (Phi) is 8.67. The molecule has 1 amide bonds. The van der Waals surface area contributed by atoms with Gasteiger partial charge in [-0.2, -0.15) is 0 Å². The lowest BCUT2D eigenvalue weighted by Crippen LogP contribution is -2.01. The smallest absolute Gasteiger partial charge is 0.211 e. The Morgan fingerprint density at radius 3 is 2.15 bits per heavy atom. The molecule has 0 saturated carbocycles. The molecule has 0 atom stereocenters. The van der Waals surface area contributed by atoms with Gasteiger partial charge < -0.3 is 10.1 Å². The van der Waals surface area contributed by atoms with E-state index in [4.69, 9.17) is 16.3 Å². The molecule has 0 aliphatic rings. The maximum Gasteiger partial charge on any atom is 0.211 e. The second-order valence-corrected chi connectivity index (χ2v) is 7.96. The first-order chi connectivity index (χ1) is 12.2. The molecule has 0 aliphatic heterocycles. The number of benzene rings is 2. The van der Waals surface area contributed by atoms with Crippen molar-refractivity contribution in [1.82, 2.24) is 0 Å². The molecule has 1 N–H and O–H groups in total. The summed E-state index contributed by atoms with van der Waals surface area (Å²) in [6, 6.07) is 11.4. The number of carbonyl (C=O) groups is 1. The Bertz CT molecular complexity index is 697. The van der Waals surface area contributed by atoms with Crippen molar-refractivity contribution in [2.45, 2.75) is 54.6 Å². The first-order valence-corrected chi connectivity index (χ1v) is 9.22. The zero-order valence-electron chi connectivity index (χ0n) is 16.7. The molecule has 0 saturated heterocycles. The van der Waals surface area contributed by atoms with Crippen LogP contribution in [-0.2, 0) is 11.4 Å². The van der Waals surface area contributed by atoms with Crippen molar-refractivity contribution >= 4 is 23.7 Å². The molecule has 26 heavy (non-hydrogen) atoms. The average molecular weight is 376 g/mol. The summed E-state index contributed by atoms with van der Waals surface area (Å²) in [5.74, 6) is 0.774. The number of carbonyl (C=O) groups excluding carboxylic acids is 1. The fourth-order valence-corrected chi connectivity index (χ4v) is 2.30. The van der Waals surface area contributed by atoms with Crippen molar-refractivity contribution in [1.29, 1.82) is 0 Å².